The first kappa shape index (κ1) is 20.3. The molecule has 5 nitrogen and oxygen atoms in total. The van der Waals surface area contributed by atoms with Gasteiger partial charge < -0.3 is 4.90 Å². The van der Waals surface area contributed by atoms with Gasteiger partial charge in [0.2, 0.25) is 10.0 Å². The summed E-state index contributed by atoms with van der Waals surface area (Å²) in [4.78, 5) is 14.8. The molecule has 0 saturated heterocycles. The van der Waals surface area contributed by atoms with Crippen LogP contribution in [-0.2, 0) is 23.0 Å². The van der Waals surface area contributed by atoms with Crippen LogP contribution in [0.1, 0.15) is 32.6 Å². The van der Waals surface area contributed by atoms with Crippen LogP contribution in [0.2, 0.25) is 0 Å². The molecule has 3 aromatic carbocycles. The second-order valence-electron chi connectivity index (χ2n) is 7.61. The molecule has 30 heavy (non-hydrogen) atoms. The Morgan fingerprint density at radius 1 is 0.967 bits per heavy atom. The molecule has 0 aliphatic carbocycles. The molecule has 0 unspecified atom stereocenters. The summed E-state index contributed by atoms with van der Waals surface area (Å²) in [6, 6.07) is 20.1. The number of carbonyl (C=O) groups excluding carboxylic acids is 1. The van der Waals surface area contributed by atoms with Gasteiger partial charge in [0.25, 0.3) is 5.91 Å². The molecular weight excluding hydrogens is 396 g/mol. The van der Waals surface area contributed by atoms with Gasteiger partial charge in [0.15, 0.2) is 0 Å². The number of nitrogens with zero attached hydrogens (tertiary/aromatic N) is 1. The fraction of sp³-hybridized carbons (Fsp3) is 0.208. The highest BCUT2D eigenvalue weighted by molar-refractivity contribution is 7.89. The number of sulfonamides is 1. The van der Waals surface area contributed by atoms with E-state index in [0.29, 0.717) is 12.1 Å². The van der Waals surface area contributed by atoms with Gasteiger partial charge in [-0.1, -0.05) is 36.4 Å². The summed E-state index contributed by atoms with van der Waals surface area (Å²) < 4.78 is 28.0. The fourth-order valence-electron chi connectivity index (χ4n) is 3.66. The maximum Gasteiger partial charge on any atom is 0.258 e. The first-order chi connectivity index (χ1) is 14.3. The molecule has 154 valence electrons. The number of benzene rings is 3. The minimum absolute atomic E-state index is 0.0162. The molecule has 0 aromatic heterocycles. The molecule has 0 spiro atoms. The van der Waals surface area contributed by atoms with Gasteiger partial charge in [0, 0.05) is 24.3 Å². The van der Waals surface area contributed by atoms with Gasteiger partial charge in [0.1, 0.15) is 0 Å². The molecule has 6 heteroatoms. The van der Waals surface area contributed by atoms with E-state index < -0.39 is 10.0 Å². The average Bonchev–Trinajstić information content (AvgIpc) is 3.17. The third-order valence-corrected chi connectivity index (χ3v) is 6.96. The summed E-state index contributed by atoms with van der Waals surface area (Å²) in [7, 11) is -3.59. The summed E-state index contributed by atoms with van der Waals surface area (Å²) in [5, 5.41) is 0. The lowest BCUT2D eigenvalue weighted by molar-refractivity contribution is 0.0989. The second-order valence-corrected chi connectivity index (χ2v) is 9.37. The molecule has 1 heterocycles. The van der Waals surface area contributed by atoms with E-state index >= 15 is 0 Å². The monoisotopic (exact) mass is 420 g/mol. The normalized spacial score (nSPS) is 13.3. The van der Waals surface area contributed by atoms with E-state index in [0.717, 1.165) is 34.4 Å². The van der Waals surface area contributed by atoms with Crippen molar-refractivity contribution in [1.29, 1.82) is 0 Å². The van der Waals surface area contributed by atoms with Crippen LogP contribution < -0.4 is 9.62 Å². The Kier molecular flexibility index (Phi) is 5.45. The highest BCUT2D eigenvalue weighted by atomic mass is 32.2. The van der Waals surface area contributed by atoms with Gasteiger partial charge in [-0.15, -0.1) is 0 Å². The number of hydrogen-bond acceptors (Lipinski definition) is 3. The van der Waals surface area contributed by atoms with E-state index in [4.69, 9.17) is 0 Å². The summed E-state index contributed by atoms with van der Waals surface area (Å²) in [6.45, 7) is 4.68. The molecule has 1 aliphatic rings. The van der Waals surface area contributed by atoms with E-state index in [1.165, 1.54) is 0 Å². The van der Waals surface area contributed by atoms with Gasteiger partial charge in [-0.25, -0.2) is 13.1 Å². The Hall–Kier alpha value is -2.96. The molecule has 3 aromatic rings. The minimum atomic E-state index is -3.59. The van der Waals surface area contributed by atoms with E-state index in [1.807, 2.05) is 68.4 Å². The largest absolute Gasteiger partial charge is 0.308 e. The number of amides is 1. The van der Waals surface area contributed by atoms with Crippen molar-refractivity contribution < 1.29 is 13.2 Å². The van der Waals surface area contributed by atoms with Crippen LogP contribution in [0.4, 0.5) is 5.69 Å². The number of nitrogens with one attached hydrogen (secondary N) is 1. The minimum Gasteiger partial charge on any atom is -0.308 e. The van der Waals surface area contributed by atoms with Crippen molar-refractivity contribution in [2.24, 2.45) is 0 Å². The molecule has 0 fully saturated rings. The van der Waals surface area contributed by atoms with Crippen LogP contribution in [0, 0.1) is 13.8 Å². The van der Waals surface area contributed by atoms with Crippen LogP contribution in [-0.4, -0.2) is 20.9 Å². The van der Waals surface area contributed by atoms with E-state index in [-0.39, 0.29) is 17.3 Å². The van der Waals surface area contributed by atoms with Crippen LogP contribution in [0.3, 0.4) is 0 Å². The number of anilines is 1. The van der Waals surface area contributed by atoms with Gasteiger partial charge >= 0.3 is 0 Å². The van der Waals surface area contributed by atoms with Crippen LogP contribution in [0.5, 0.6) is 0 Å². The molecular formula is C24H24N2O3S. The van der Waals surface area contributed by atoms with E-state index in [1.54, 1.807) is 17.0 Å². The predicted octanol–water partition coefficient (Wildman–Crippen LogP) is 3.98. The lowest BCUT2D eigenvalue weighted by Crippen LogP contribution is -2.28. The lowest BCUT2D eigenvalue weighted by Gasteiger charge is -2.17. The standard InChI is InChI=1S/C24H24N2O3S/c1-17-8-10-22(14-18(17)2)30(28,29)25-16-19-9-11-23-21(15-19)12-13-26(23)24(27)20-6-4-3-5-7-20/h3-11,14-15,25H,12-13,16H2,1-2H3. The Bertz CT molecular complexity index is 1200. The van der Waals surface area contributed by atoms with Crippen molar-refractivity contribution in [3.63, 3.8) is 0 Å². The van der Waals surface area contributed by atoms with Crippen molar-refractivity contribution in [3.05, 3.63) is 94.5 Å². The number of aryl methyl sites for hydroxylation is 2. The van der Waals surface area contributed by atoms with Crippen LogP contribution in [0.15, 0.2) is 71.6 Å². The second kappa shape index (κ2) is 8.05. The number of carbonyl (C=O) groups is 1. The molecule has 0 bridgehead atoms. The average molecular weight is 421 g/mol. The van der Waals surface area contributed by atoms with Gasteiger partial charge in [0.05, 0.1) is 4.90 Å². The topological polar surface area (TPSA) is 66.5 Å². The van der Waals surface area contributed by atoms with E-state index in [2.05, 4.69) is 4.72 Å². The van der Waals surface area contributed by atoms with Crippen molar-refractivity contribution in [3.8, 4) is 0 Å². The molecule has 1 N–H and O–H groups in total. The number of fused-ring (bicyclic) bond motifs is 1. The summed E-state index contributed by atoms with van der Waals surface area (Å²) in [5.74, 6) is -0.0162. The van der Waals surface area contributed by atoms with Crippen molar-refractivity contribution in [1.82, 2.24) is 4.72 Å². The third kappa shape index (κ3) is 4.01. The molecule has 0 radical (unpaired) electrons. The van der Waals surface area contributed by atoms with Crippen LogP contribution in [0.25, 0.3) is 0 Å². The predicted molar refractivity (Wildman–Crippen MR) is 118 cm³/mol. The third-order valence-electron chi connectivity index (χ3n) is 5.56. The first-order valence-electron chi connectivity index (χ1n) is 9.91. The zero-order valence-electron chi connectivity index (χ0n) is 17.1. The quantitative estimate of drug-likeness (QED) is 0.679. The Labute approximate surface area is 177 Å². The van der Waals surface area contributed by atoms with Gasteiger partial charge in [-0.3, -0.25) is 4.79 Å². The Morgan fingerprint density at radius 2 is 1.73 bits per heavy atom. The van der Waals surface area contributed by atoms with Crippen molar-refractivity contribution in [2.75, 3.05) is 11.4 Å². The maximum atomic E-state index is 12.8. The van der Waals surface area contributed by atoms with Gasteiger partial charge in [-0.2, -0.15) is 0 Å². The molecule has 1 amide bonds. The fourth-order valence-corrected chi connectivity index (χ4v) is 4.76. The summed E-state index contributed by atoms with van der Waals surface area (Å²) in [5.41, 5.74) is 5.48. The zero-order chi connectivity index (χ0) is 21.3. The van der Waals surface area contributed by atoms with Crippen molar-refractivity contribution in [2.45, 2.75) is 31.7 Å². The van der Waals surface area contributed by atoms with Crippen LogP contribution >= 0.6 is 0 Å². The molecule has 0 atom stereocenters. The SMILES string of the molecule is Cc1ccc(S(=O)(=O)NCc2ccc3c(c2)CCN3C(=O)c2ccccc2)cc1C. The van der Waals surface area contributed by atoms with Crippen molar-refractivity contribution >= 4 is 21.6 Å². The highest BCUT2D eigenvalue weighted by Gasteiger charge is 2.25. The highest BCUT2D eigenvalue weighted by Crippen LogP contribution is 2.30. The summed E-state index contributed by atoms with van der Waals surface area (Å²) >= 11 is 0. The van der Waals surface area contributed by atoms with E-state index in [9.17, 15) is 13.2 Å². The van der Waals surface area contributed by atoms with Gasteiger partial charge in [-0.05, 0) is 72.9 Å². The molecule has 1 aliphatic heterocycles. The zero-order valence-corrected chi connectivity index (χ0v) is 17.9. The maximum absolute atomic E-state index is 12.8. The lowest BCUT2D eigenvalue weighted by atomic mass is 10.1. The first-order valence-corrected chi connectivity index (χ1v) is 11.4. The molecule has 4 rings (SSSR count). The summed E-state index contributed by atoms with van der Waals surface area (Å²) in [6.07, 6.45) is 0.756. The Morgan fingerprint density at radius 3 is 2.47 bits per heavy atom. The number of rotatable bonds is 5. The number of hydrogen-bond donors (Lipinski definition) is 1. The smallest absolute Gasteiger partial charge is 0.258 e. The molecule has 0 saturated carbocycles. The Balaban J connectivity index is 1.49.